The summed E-state index contributed by atoms with van der Waals surface area (Å²) >= 11 is 0. The second kappa shape index (κ2) is 5.18. The number of hydrogen-bond acceptors (Lipinski definition) is 2. The summed E-state index contributed by atoms with van der Waals surface area (Å²) in [6, 6.07) is 0.0394. The minimum absolute atomic E-state index is 0.188. The SMILES string of the molecule is CCC(CC)(CNC(=O)NC1CC1)C(=O)O. The maximum atomic E-state index is 11.4. The van der Waals surface area contributed by atoms with E-state index in [1.165, 1.54) is 0 Å². The average Bonchev–Trinajstić information content (AvgIpc) is 3.03. The van der Waals surface area contributed by atoms with Gasteiger partial charge in [0.25, 0.3) is 0 Å². The number of carbonyl (C=O) groups excluding carboxylic acids is 1. The van der Waals surface area contributed by atoms with Gasteiger partial charge in [0.2, 0.25) is 0 Å². The van der Waals surface area contributed by atoms with Crippen LogP contribution in [-0.4, -0.2) is 29.7 Å². The molecule has 1 saturated carbocycles. The molecule has 16 heavy (non-hydrogen) atoms. The number of rotatable bonds is 6. The standard InChI is InChI=1S/C11H20N2O3/c1-3-11(4-2,9(14)15)7-12-10(16)13-8-5-6-8/h8H,3-7H2,1-2H3,(H,14,15)(H2,12,13,16). The number of carboxylic acid groups (broad SMARTS) is 1. The number of amides is 2. The maximum absolute atomic E-state index is 11.4. The third kappa shape index (κ3) is 3.12. The first kappa shape index (κ1) is 12.8. The fraction of sp³-hybridized carbons (Fsp3) is 0.818. The van der Waals surface area contributed by atoms with E-state index in [1.807, 2.05) is 13.8 Å². The number of carboxylic acids is 1. The molecule has 0 atom stereocenters. The number of nitrogens with one attached hydrogen (secondary N) is 2. The molecule has 2 amide bonds. The van der Waals surface area contributed by atoms with Crippen LogP contribution in [0.3, 0.4) is 0 Å². The summed E-state index contributed by atoms with van der Waals surface area (Å²) in [5, 5.41) is 14.6. The normalized spacial score (nSPS) is 15.6. The molecule has 0 bridgehead atoms. The van der Waals surface area contributed by atoms with Crippen molar-refractivity contribution in [3.05, 3.63) is 0 Å². The molecular weight excluding hydrogens is 208 g/mol. The zero-order valence-corrected chi connectivity index (χ0v) is 9.88. The van der Waals surface area contributed by atoms with E-state index in [9.17, 15) is 9.59 Å². The predicted octanol–water partition coefficient (Wildman–Crippen LogP) is 1.34. The van der Waals surface area contributed by atoms with Crippen molar-refractivity contribution < 1.29 is 14.7 Å². The Kier molecular flexibility index (Phi) is 4.15. The second-order valence-electron chi connectivity index (χ2n) is 4.39. The van der Waals surface area contributed by atoms with Gasteiger partial charge in [0.05, 0.1) is 5.41 Å². The highest BCUT2D eigenvalue weighted by Gasteiger charge is 2.35. The fourth-order valence-corrected chi connectivity index (χ4v) is 1.59. The van der Waals surface area contributed by atoms with Crippen LogP contribution in [0.1, 0.15) is 39.5 Å². The van der Waals surface area contributed by atoms with Crippen LogP contribution in [-0.2, 0) is 4.79 Å². The van der Waals surface area contributed by atoms with Crippen molar-refractivity contribution in [2.45, 2.75) is 45.6 Å². The molecule has 0 unspecified atom stereocenters. The van der Waals surface area contributed by atoms with E-state index >= 15 is 0 Å². The molecule has 5 heteroatoms. The first-order valence-corrected chi connectivity index (χ1v) is 5.82. The Balaban J connectivity index is 2.41. The minimum atomic E-state index is -0.843. The predicted molar refractivity (Wildman–Crippen MR) is 60.2 cm³/mol. The number of carbonyl (C=O) groups is 2. The maximum Gasteiger partial charge on any atom is 0.315 e. The van der Waals surface area contributed by atoms with Crippen LogP contribution >= 0.6 is 0 Å². The van der Waals surface area contributed by atoms with E-state index in [4.69, 9.17) is 5.11 Å². The lowest BCUT2D eigenvalue weighted by atomic mass is 9.82. The van der Waals surface area contributed by atoms with Crippen LogP contribution in [0.15, 0.2) is 0 Å². The molecule has 5 nitrogen and oxygen atoms in total. The van der Waals surface area contributed by atoms with Gasteiger partial charge in [-0.3, -0.25) is 4.79 Å². The molecule has 0 saturated heterocycles. The molecular formula is C11H20N2O3. The van der Waals surface area contributed by atoms with Crippen molar-refractivity contribution >= 4 is 12.0 Å². The van der Waals surface area contributed by atoms with Crippen molar-refractivity contribution in [1.82, 2.24) is 10.6 Å². The van der Waals surface area contributed by atoms with Gasteiger partial charge in [-0.1, -0.05) is 13.8 Å². The van der Waals surface area contributed by atoms with E-state index in [1.54, 1.807) is 0 Å². The third-order valence-corrected chi connectivity index (χ3v) is 3.31. The number of urea groups is 1. The molecule has 0 aromatic heterocycles. The van der Waals surface area contributed by atoms with Crippen molar-refractivity contribution in [1.29, 1.82) is 0 Å². The largest absolute Gasteiger partial charge is 0.481 e. The van der Waals surface area contributed by atoms with Gasteiger partial charge >= 0.3 is 12.0 Å². The quantitative estimate of drug-likeness (QED) is 0.642. The zero-order chi connectivity index (χ0) is 12.2. The van der Waals surface area contributed by atoms with Gasteiger partial charge in [-0.05, 0) is 25.7 Å². The van der Waals surface area contributed by atoms with Gasteiger partial charge in [-0.25, -0.2) is 4.79 Å². The molecule has 1 rings (SSSR count). The summed E-state index contributed by atoms with van der Waals surface area (Å²) in [4.78, 5) is 22.5. The van der Waals surface area contributed by atoms with Gasteiger partial charge in [0.15, 0.2) is 0 Å². The Hall–Kier alpha value is -1.26. The van der Waals surface area contributed by atoms with Crippen LogP contribution in [0.5, 0.6) is 0 Å². The van der Waals surface area contributed by atoms with Gasteiger partial charge in [-0.2, -0.15) is 0 Å². The van der Waals surface area contributed by atoms with E-state index in [-0.39, 0.29) is 12.6 Å². The van der Waals surface area contributed by atoms with Crippen LogP contribution in [0.4, 0.5) is 4.79 Å². The Morgan fingerprint density at radius 3 is 2.25 bits per heavy atom. The van der Waals surface area contributed by atoms with Crippen LogP contribution in [0.25, 0.3) is 0 Å². The first-order chi connectivity index (χ1) is 7.54. The molecule has 0 aromatic carbocycles. The molecule has 1 aliphatic rings. The summed E-state index contributed by atoms with van der Waals surface area (Å²) < 4.78 is 0. The topological polar surface area (TPSA) is 78.4 Å². The fourth-order valence-electron chi connectivity index (χ4n) is 1.59. The summed E-state index contributed by atoms with van der Waals surface area (Å²) in [7, 11) is 0. The second-order valence-corrected chi connectivity index (χ2v) is 4.39. The number of aliphatic carboxylic acids is 1. The van der Waals surface area contributed by atoms with Gasteiger partial charge in [-0.15, -0.1) is 0 Å². The number of hydrogen-bond donors (Lipinski definition) is 3. The Bertz CT molecular complexity index is 270. The Morgan fingerprint density at radius 1 is 1.31 bits per heavy atom. The van der Waals surface area contributed by atoms with Gasteiger partial charge in [0, 0.05) is 12.6 Å². The smallest absolute Gasteiger partial charge is 0.315 e. The molecule has 1 fully saturated rings. The lowest BCUT2D eigenvalue weighted by molar-refractivity contribution is -0.149. The zero-order valence-electron chi connectivity index (χ0n) is 9.88. The van der Waals surface area contributed by atoms with E-state index in [0.29, 0.717) is 18.9 Å². The molecule has 92 valence electrons. The van der Waals surface area contributed by atoms with Crippen LogP contribution < -0.4 is 10.6 Å². The molecule has 3 N–H and O–H groups in total. The summed E-state index contributed by atoms with van der Waals surface area (Å²) in [6.45, 7) is 3.85. The molecule has 0 aromatic rings. The van der Waals surface area contributed by atoms with Gasteiger partial charge in [0.1, 0.15) is 0 Å². The highest BCUT2D eigenvalue weighted by Crippen LogP contribution is 2.25. The summed E-state index contributed by atoms with van der Waals surface area (Å²) in [5.41, 5.74) is -0.832. The highest BCUT2D eigenvalue weighted by atomic mass is 16.4. The van der Waals surface area contributed by atoms with Crippen LogP contribution in [0, 0.1) is 5.41 Å². The van der Waals surface area contributed by atoms with Crippen molar-refractivity contribution in [2.24, 2.45) is 5.41 Å². The summed E-state index contributed by atoms with van der Waals surface area (Å²) in [6.07, 6.45) is 3.09. The first-order valence-electron chi connectivity index (χ1n) is 5.82. The lowest BCUT2D eigenvalue weighted by Crippen LogP contribution is -2.46. The van der Waals surface area contributed by atoms with Crippen molar-refractivity contribution in [2.75, 3.05) is 6.54 Å². The molecule has 0 spiro atoms. The molecule has 0 aliphatic heterocycles. The molecule has 0 radical (unpaired) electrons. The Morgan fingerprint density at radius 2 is 1.88 bits per heavy atom. The molecule has 0 heterocycles. The molecule has 1 aliphatic carbocycles. The van der Waals surface area contributed by atoms with E-state index in [0.717, 1.165) is 12.8 Å². The van der Waals surface area contributed by atoms with E-state index in [2.05, 4.69) is 10.6 Å². The highest BCUT2D eigenvalue weighted by molar-refractivity contribution is 5.78. The van der Waals surface area contributed by atoms with Crippen molar-refractivity contribution in [3.63, 3.8) is 0 Å². The monoisotopic (exact) mass is 228 g/mol. The van der Waals surface area contributed by atoms with E-state index < -0.39 is 11.4 Å². The Labute approximate surface area is 95.6 Å². The average molecular weight is 228 g/mol. The third-order valence-electron chi connectivity index (χ3n) is 3.31. The lowest BCUT2D eigenvalue weighted by Gasteiger charge is -2.26. The van der Waals surface area contributed by atoms with Gasteiger partial charge < -0.3 is 15.7 Å². The summed E-state index contributed by atoms with van der Waals surface area (Å²) in [5.74, 6) is -0.843. The minimum Gasteiger partial charge on any atom is -0.481 e. The van der Waals surface area contributed by atoms with Crippen LogP contribution in [0.2, 0.25) is 0 Å². The van der Waals surface area contributed by atoms with Crippen molar-refractivity contribution in [3.8, 4) is 0 Å².